The van der Waals surface area contributed by atoms with Gasteiger partial charge in [0.25, 0.3) is 0 Å². The maximum atomic E-state index is 13.4. The van der Waals surface area contributed by atoms with E-state index in [0.29, 0.717) is 5.69 Å². The van der Waals surface area contributed by atoms with Crippen LogP contribution >= 0.6 is 15.9 Å². The van der Waals surface area contributed by atoms with Crippen molar-refractivity contribution in [2.24, 2.45) is 5.92 Å². The molecular formula is C11H14BrFN2. The van der Waals surface area contributed by atoms with Gasteiger partial charge in [0, 0.05) is 24.6 Å². The third-order valence-electron chi connectivity index (χ3n) is 2.92. The first-order chi connectivity index (χ1) is 7.31. The summed E-state index contributed by atoms with van der Waals surface area (Å²) in [6, 6.07) is 1.75. The van der Waals surface area contributed by atoms with E-state index in [9.17, 15) is 4.39 Å². The summed E-state index contributed by atoms with van der Waals surface area (Å²) in [4.78, 5) is 5.87. The Balaban J connectivity index is 2.04. The van der Waals surface area contributed by atoms with Crippen LogP contribution in [-0.4, -0.2) is 23.4 Å². The van der Waals surface area contributed by atoms with Crippen molar-refractivity contribution in [3.63, 3.8) is 0 Å². The second kappa shape index (κ2) is 4.92. The van der Waals surface area contributed by atoms with E-state index in [-0.39, 0.29) is 5.82 Å². The average molecular weight is 273 g/mol. The van der Waals surface area contributed by atoms with Crippen LogP contribution in [0.3, 0.4) is 0 Å². The molecule has 1 saturated heterocycles. The van der Waals surface area contributed by atoms with Crippen molar-refractivity contribution in [1.82, 2.24) is 4.98 Å². The van der Waals surface area contributed by atoms with Crippen molar-refractivity contribution in [1.29, 1.82) is 0 Å². The van der Waals surface area contributed by atoms with E-state index in [1.165, 1.54) is 6.20 Å². The lowest BCUT2D eigenvalue weighted by Gasteiger charge is -2.32. The summed E-state index contributed by atoms with van der Waals surface area (Å²) < 4.78 is 13.4. The van der Waals surface area contributed by atoms with Gasteiger partial charge in [-0.05, 0) is 24.8 Å². The molecule has 0 bridgehead atoms. The zero-order chi connectivity index (χ0) is 10.7. The largest absolute Gasteiger partial charge is 0.369 e. The number of aromatic nitrogens is 1. The summed E-state index contributed by atoms with van der Waals surface area (Å²) in [5.41, 5.74) is 0.693. The van der Waals surface area contributed by atoms with E-state index < -0.39 is 0 Å². The summed E-state index contributed by atoms with van der Waals surface area (Å²) in [6.07, 6.45) is 5.20. The minimum Gasteiger partial charge on any atom is -0.369 e. The third kappa shape index (κ3) is 2.48. The van der Waals surface area contributed by atoms with Crippen molar-refractivity contribution in [2.75, 3.05) is 23.3 Å². The van der Waals surface area contributed by atoms with E-state index in [2.05, 4.69) is 25.8 Å². The van der Waals surface area contributed by atoms with Gasteiger partial charge in [-0.3, -0.25) is 4.98 Å². The maximum Gasteiger partial charge on any atom is 0.164 e. The highest BCUT2D eigenvalue weighted by atomic mass is 79.9. The van der Waals surface area contributed by atoms with Crippen LogP contribution < -0.4 is 4.90 Å². The molecule has 1 aliphatic rings. The molecule has 0 amide bonds. The number of piperidine rings is 1. The lowest BCUT2D eigenvalue weighted by molar-refractivity contribution is 0.442. The SMILES string of the molecule is Fc1cnccc1N1CCC(CBr)CC1. The van der Waals surface area contributed by atoms with Gasteiger partial charge in [-0.25, -0.2) is 4.39 Å². The highest BCUT2D eigenvalue weighted by molar-refractivity contribution is 9.09. The molecule has 2 nitrogen and oxygen atoms in total. The molecule has 0 aliphatic carbocycles. The Morgan fingerprint density at radius 3 is 2.80 bits per heavy atom. The van der Waals surface area contributed by atoms with Gasteiger partial charge in [0.05, 0.1) is 11.9 Å². The van der Waals surface area contributed by atoms with Crippen LogP contribution in [0.1, 0.15) is 12.8 Å². The molecule has 1 aromatic heterocycles. The summed E-state index contributed by atoms with van der Waals surface area (Å²) in [5, 5.41) is 1.06. The van der Waals surface area contributed by atoms with E-state index >= 15 is 0 Å². The van der Waals surface area contributed by atoms with Gasteiger partial charge in [-0.2, -0.15) is 0 Å². The number of halogens is 2. The number of hydrogen-bond acceptors (Lipinski definition) is 2. The smallest absolute Gasteiger partial charge is 0.164 e. The first kappa shape index (κ1) is 10.9. The molecule has 0 radical (unpaired) electrons. The molecule has 0 unspecified atom stereocenters. The molecule has 1 aliphatic heterocycles. The molecule has 82 valence electrons. The topological polar surface area (TPSA) is 16.1 Å². The van der Waals surface area contributed by atoms with Crippen LogP contribution in [0, 0.1) is 11.7 Å². The van der Waals surface area contributed by atoms with Crippen LogP contribution in [0.5, 0.6) is 0 Å². The molecule has 0 atom stereocenters. The zero-order valence-corrected chi connectivity index (χ0v) is 10.1. The standard InChI is InChI=1S/C11H14BrFN2/c12-7-9-2-5-15(6-3-9)11-1-4-14-8-10(11)13/h1,4,8-9H,2-3,5-7H2. The maximum absolute atomic E-state index is 13.4. The number of pyridine rings is 1. The Hall–Kier alpha value is -0.640. The van der Waals surface area contributed by atoms with Gasteiger partial charge in [-0.15, -0.1) is 0 Å². The fourth-order valence-corrected chi connectivity index (χ4v) is 2.60. The van der Waals surface area contributed by atoms with Crippen molar-refractivity contribution >= 4 is 21.6 Å². The molecule has 0 spiro atoms. The minimum atomic E-state index is -0.213. The molecule has 2 heterocycles. The summed E-state index contributed by atoms with van der Waals surface area (Å²) in [5.74, 6) is 0.529. The molecule has 0 aromatic carbocycles. The number of hydrogen-bond donors (Lipinski definition) is 0. The molecule has 2 rings (SSSR count). The molecule has 15 heavy (non-hydrogen) atoms. The Morgan fingerprint density at radius 2 is 2.20 bits per heavy atom. The predicted molar refractivity (Wildman–Crippen MR) is 62.9 cm³/mol. The lowest BCUT2D eigenvalue weighted by atomic mass is 9.99. The minimum absolute atomic E-state index is 0.213. The van der Waals surface area contributed by atoms with Crippen molar-refractivity contribution in [3.8, 4) is 0 Å². The molecule has 0 saturated carbocycles. The van der Waals surface area contributed by atoms with Crippen LogP contribution in [0.25, 0.3) is 0 Å². The number of nitrogens with zero attached hydrogens (tertiary/aromatic N) is 2. The van der Waals surface area contributed by atoms with Gasteiger partial charge in [0.2, 0.25) is 0 Å². The first-order valence-corrected chi connectivity index (χ1v) is 6.34. The van der Waals surface area contributed by atoms with Gasteiger partial charge in [0.1, 0.15) is 0 Å². The lowest BCUT2D eigenvalue weighted by Crippen LogP contribution is -2.34. The van der Waals surface area contributed by atoms with Crippen LogP contribution in [-0.2, 0) is 0 Å². The number of alkyl halides is 1. The highest BCUT2D eigenvalue weighted by Gasteiger charge is 2.20. The van der Waals surface area contributed by atoms with Crippen LogP contribution in [0.15, 0.2) is 18.5 Å². The number of rotatable bonds is 2. The van der Waals surface area contributed by atoms with E-state index in [0.717, 1.165) is 37.2 Å². The summed E-state index contributed by atoms with van der Waals surface area (Å²) >= 11 is 3.50. The Morgan fingerprint density at radius 1 is 1.47 bits per heavy atom. The van der Waals surface area contributed by atoms with Crippen LogP contribution in [0.4, 0.5) is 10.1 Å². The Labute approximate surface area is 97.6 Å². The average Bonchev–Trinajstić information content (AvgIpc) is 2.30. The fraction of sp³-hybridized carbons (Fsp3) is 0.545. The second-order valence-electron chi connectivity index (χ2n) is 3.91. The van der Waals surface area contributed by atoms with Gasteiger partial charge in [0.15, 0.2) is 5.82 Å². The Bertz CT molecular complexity index is 324. The monoisotopic (exact) mass is 272 g/mol. The summed E-state index contributed by atoms with van der Waals surface area (Å²) in [6.45, 7) is 1.88. The second-order valence-corrected chi connectivity index (χ2v) is 4.56. The molecular weight excluding hydrogens is 259 g/mol. The fourth-order valence-electron chi connectivity index (χ4n) is 1.95. The molecule has 1 fully saturated rings. The highest BCUT2D eigenvalue weighted by Crippen LogP contribution is 2.25. The summed E-state index contributed by atoms with van der Waals surface area (Å²) in [7, 11) is 0. The van der Waals surface area contributed by atoms with Gasteiger partial charge in [-0.1, -0.05) is 15.9 Å². The first-order valence-electron chi connectivity index (χ1n) is 5.21. The van der Waals surface area contributed by atoms with E-state index in [4.69, 9.17) is 0 Å². The zero-order valence-electron chi connectivity index (χ0n) is 8.50. The normalized spacial score (nSPS) is 18.1. The van der Waals surface area contributed by atoms with Gasteiger partial charge >= 0.3 is 0 Å². The van der Waals surface area contributed by atoms with Gasteiger partial charge < -0.3 is 4.90 Å². The third-order valence-corrected chi connectivity index (χ3v) is 3.84. The molecule has 4 heteroatoms. The number of anilines is 1. The Kier molecular flexibility index (Phi) is 3.57. The quantitative estimate of drug-likeness (QED) is 0.770. The van der Waals surface area contributed by atoms with Crippen molar-refractivity contribution in [3.05, 3.63) is 24.3 Å². The molecule has 1 aromatic rings. The van der Waals surface area contributed by atoms with E-state index in [1.807, 2.05) is 0 Å². The van der Waals surface area contributed by atoms with Crippen molar-refractivity contribution < 1.29 is 4.39 Å². The van der Waals surface area contributed by atoms with Crippen molar-refractivity contribution in [2.45, 2.75) is 12.8 Å². The van der Waals surface area contributed by atoms with Crippen LogP contribution in [0.2, 0.25) is 0 Å². The molecule has 0 N–H and O–H groups in total. The predicted octanol–water partition coefficient (Wildman–Crippen LogP) is 2.83. The van der Waals surface area contributed by atoms with E-state index in [1.54, 1.807) is 12.3 Å².